The van der Waals surface area contributed by atoms with Crippen LogP contribution in [0.15, 0.2) is 0 Å². The Kier molecular flexibility index (Phi) is 7.15. The summed E-state index contributed by atoms with van der Waals surface area (Å²) in [6.45, 7) is 4.44. The van der Waals surface area contributed by atoms with E-state index in [1.165, 1.54) is 7.11 Å². The fourth-order valence-corrected chi connectivity index (χ4v) is 1.68. The highest BCUT2D eigenvalue weighted by Crippen LogP contribution is 2.13. The highest BCUT2D eigenvalue weighted by atomic mass is 35.5. The van der Waals surface area contributed by atoms with Crippen LogP contribution in [-0.4, -0.2) is 37.7 Å². The van der Waals surface area contributed by atoms with E-state index in [1.54, 1.807) is 0 Å². The van der Waals surface area contributed by atoms with E-state index in [1.807, 2.05) is 13.8 Å². The summed E-state index contributed by atoms with van der Waals surface area (Å²) in [6.07, 6.45) is 0.700. The van der Waals surface area contributed by atoms with Gasteiger partial charge < -0.3 is 14.8 Å². The third kappa shape index (κ3) is 5.37. The Labute approximate surface area is 108 Å². The standard InChI is InChI=1S/C11H19NO4.ClH/c1-7(2)4-10(13)16-8-5-9(12-6-8)11(14)15-3;/h7-9,12H,4-6H2,1-3H3;1H. The van der Waals surface area contributed by atoms with Crippen LogP contribution in [0.4, 0.5) is 0 Å². The Bertz CT molecular complexity index is 270. The van der Waals surface area contributed by atoms with Crippen LogP contribution in [0.5, 0.6) is 0 Å². The molecule has 2 unspecified atom stereocenters. The largest absolute Gasteiger partial charge is 0.468 e. The molecule has 17 heavy (non-hydrogen) atoms. The number of carbonyl (C=O) groups excluding carboxylic acids is 2. The molecule has 0 spiro atoms. The third-order valence-electron chi connectivity index (χ3n) is 2.45. The molecular weight excluding hydrogens is 246 g/mol. The van der Waals surface area contributed by atoms with Gasteiger partial charge in [0.15, 0.2) is 0 Å². The molecule has 5 nitrogen and oxygen atoms in total. The number of carbonyl (C=O) groups is 2. The van der Waals surface area contributed by atoms with Gasteiger partial charge in [-0.05, 0) is 5.92 Å². The van der Waals surface area contributed by atoms with Crippen molar-refractivity contribution in [3.63, 3.8) is 0 Å². The minimum atomic E-state index is -0.346. The van der Waals surface area contributed by atoms with Crippen LogP contribution in [-0.2, 0) is 19.1 Å². The lowest BCUT2D eigenvalue weighted by atomic mass is 10.1. The first-order valence-corrected chi connectivity index (χ1v) is 5.53. The van der Waals surface area contributed by atoms with Crippen LogP contribution in [0.3, 0.4) is 0 Å². The number of hydrogen-bond acceptors (Lipinski definition) is 5. The van der Waals surface area contributed by atoms with Crippen molar-refractivity contribution in [3.05, 3.63) is 0 Å². The molecule has 100 valence electrons. The maximum absolute atomic E-state index is 11.4. The topological polar surface area (TPSA) is 64.6 Å². The van der Waals surface area contributed by atoms with E-state index in [4.69, 9.17) is 4.74 Å². The fourth-order valence-electron chi connectivity index (χ4n) is 1.68. The number of ether oxygens (including phenoxy) is 2. The van der Waals surface area contributed by atoms with Gasteiger partial charge in [0.1, 0.15) is 12.1 Å². The van der Waals surface area contributed by atoms with Crippen molar-refractivity contribution < 1.29 is 19.1 Å². The van der Waals surface area contributed by atoms with Gasteiger partial charge in [0, 0.05) is 19.4 Å². The Morgan fingerprint density at radius 3 is 2.59 bits per heavy atom. The molecule has 0 aromatic heterocycles. The molecular formula is C11H20ClNO4. The number of hydrogen-bond donors (Lipinski definition) is 1. The van der Waals surface area contributed by atoms with Gasteiger partial charge in [-0.15, -0.1) is 12.4 Å². The second-order valence-corrected chi connectivity index (χ2v) is 4.43. The van der Waals surface area contributed by atoms with Crippen LogP contribution < -0.4 is 5.32 Å². The Balaban J connectivity index is 0.00000256. The monoisotopic (exact) mass is 265 g/mol. The second-order valence-electron chi connectivity index (χ2n) is 4.43. The molecule has 0 bridgehead atoms. The lowest BCUT2D eigenvalue weighted by Crippen LogP contribution is -2.31. The molecule has 1 saturated heterocycles. The molecule has 0 aromatic rings. The average molecular weight is 266 g/mol. The van der Waals surface area contributed by atoms with E-state index >= 15 is 0 Å². The highest BCUT2D eigenvalue weighted by molar-refractivity contribution is 5.85. The van der Waals surface area contributed by atoms with Gasteiger partial charge in [0.05, 0.1) is 7.11 Å². The van der Waals surface area contributed by atoms with Gasteiger partial charge in [-0.3, -0.25) is 9.59 Å². The number of rotatable bonds is 4. The van der Waals surface area contributed by atoms with Crippen LogP contribution >= 0.6 is 12.4 Å². The predicted octanol–water partition coefficient (Wildman–Crippen LogP) is 0.901. The van der Waals surface area contributed by atoms with Gasteiger partial charge in [-0.1, -0.05) is 13.8 Å². The second kappa shape index (κ2) is 7.50. The molecule has 1 rings (SSSR count). The lowest BCUT2D eigenvalue weighted by molar-refractivity contribution is -0.150. The zero-order valence-electron chi connectivity index (χ0n) is 10.4. The van der Waals surface area contributed by atoms with Crippen molar-refractivity contribution in [2.75, 3.05) is 13.7 Å². The van der Waals surface area contributed by atoms with Crippen LogP contribution in [0.25, 0.3) is 0 Å². The number of nitrogens with one attached hydrogen (secondary N) is 1. The molecule has 0 aromatic carbocycles. The zero-order valence-corrected chi connectivity index (χ0v) is 11.2. The molecule has 1 N–H and O–H groups in total. The summed E-state index contributed by atoms with van der Waals surface area (Å²) in [4.78, 5) is 22.6. The van der Waals surface area contributed by atoms with Gasteiger partial charge >= 0.3 is 11.9 Å². The lowest BCUT2D eigenvalue weighted by Gasteiger charge is -2.12. The minimum absolute atomic E-state index is 0. The third-order valence-corrected chi connectivity index (χ3v) is 2.45. The van der Waals surface area contributed by atoms with Crippen molar-refractivity contribution in [1.82, 2.24) is 5.32 Å². The highest BCUT2D eigenvalue weighted by Gasteiger charge is 2.32. The fraction of sp³-hybridized carbons (Fsp3) is 0.818. The molecule has 6 heteroatoms. The van der Waals surface area contributed by atoms with E-state index < -0.39 is 0 Å². The van der Waals surface area contributed by atoms with Crippen molar-refractivity contribution in [2.24, 2.45) is 5.92 Å². The van der Waals surface area contributed by atoms with Gasteiger partial charge in [-0.25, -0.2) is 0 Å². The molecule has 0 saturated carbocycles. The van der Waals surface area contributed by atoms with E-state index in [9.17, 15) is 9.59 Å². The van der Waals surface area contributed by atoms with E-state index in [2.05, 4.69) is 10.1 Å². The maximum atomic E-state index is 11.4. The van der Waals surface area contributed by atoms with Crippen molar-refractivity contribution in [2.45, 2.75) is 38.8 Å². The Morgan fingerprint density at radius 2 is 2.06 bits per heavy atom. The average Bonchev–Trinajstić information content (AvgIpc) is 2.63. The first-order valence-electron chi connectivity index (χ1n) is 5.53. The van der Waals surface area contributed by atoms with Gasteiger partial charge in [0.25, 0.3) is 0 Å². The summed E-state index contributed by atoms with van der Waals surface area (Å²) >= 11 is 0. The quantitative estimate of drug-likeness (QED) is 0.765. The summed E-state index contributed by atoms with van der Waals surface area (Å²) in [5.74, 6) is -0.215. The first-order chi connectivity index (χ1) is 7.52. The van der Waals surface area contributed by atoms with Crippen molar-refractivity contribution in [1.29, 1.82) is 0 Å². The van der Waals surface area contributed by atoms with Crippen LogP contribution in [0.2, 0.25) is 0 Å². The minimum Gasteiger partial charge on any atom is -0.468 e. The normalized spacial score (nSPS) is 23.1. The molecule has 0 radical (unpaired) electrons. The van der Waals surface area contributed by atoms with Crippen molar-refractivity contribution in [3.8, 4) is 0 Å². The van der Waals surface area contributed by atoms with E-state index in [0.717, 1.165) is 0 Å². The smallest absolute Gasteiger partial charge is 0.323 e. The molecule has 1 aliphatic heterocycles. The molecule has 2 atom stereocenters. The molecule has 0 amide bonds. The zero-order chi connectivity index (χ0) is 12.1. The maximum Gasteiger partial charge on any atom is 0.323 e. The SMILES string of the molecule is COC(=O)C1CC(OC(=O)CC(C)C)CN1.Cl. The van der Waals surface area contributed by atoms with Gasteiger partial charge in [0.2, 0.25) is 0 Å². The van der Waals surface area contributed by atoms with Crippen LogP contribution in [0.1, 0.15) is 26.7 Å². The number of methoxy groups -OCH3 is 1. The molecule has 1 fully saturated rings. The summed E-state index contributed by atoms with van der Waals surface area (Å²) in [5.41, 5.74) is 0. The Morgan fingerprint density at radius 1 is 1.41 bits per heavy atom. The summed E-state index contributed by atoms with van der Waals surface area (Å²) < 4.78 is 9.85. The van der Waals surface area contributed by atoms with E-state index in [0.29, 0.717) is 25.3 Å². The van der Waals surface area contributed by atoms with Crippen LogP contribution in [0, 0.1) is 5.92 Å². The summed E-state index contributed by atoms with van der Waals surface area (Å²) in [5, 5.41) is 2.96. The number of halogens is 1. The summed E-state index contributed by atoms with van der Waals surface area (Å²) in [7, 11) is 1.35. The van der Waals surface area contributed by atoms with Crippen molar-refractivity contribution >= 4 is 24.3 Å². The molecule has 1 aliphatic rings. The molecule has 1 heterocycles. The molecule has 0 aliphatic carbocycles. The predicted molar refractivity (Wildman–Crippen MR) is 65.0 cm³/mol. The van der Waals surface area contributed by atoms with Gasteiger partial charge in [-0.2, -0.15) is 0 Å². The number of esters is 2. The first kappa shape index (κ1) is 16.2. The van der Waals surface area contributed by atoms with E-state index in [-0.39, 0.29) is 36.5 Å². The Hall–Kier alpha value is -0.810. The summed E-state index contributed by atoms with van der Waals surface area (Å²) in [6, 6.07) is -0.346.